The Morgan fingerprint density at radius 2 is 1.22 bits per heavy atom. The third-order valence-corrected chi connectivity index (χ3v) is 10.8. The standard InChI is InChI=1S/C23H23F2N5O4S.C18H15F2N5O2S.2CH4/c1-23(2,3)34-22(32)30-8-7-13(10-30)33-20-16(9-26-12-27-20)28-19(31)17-11-35-21(29-17)18-14(24)5-4-6-15(18)25;19-11-2-1-3-12(20)15(11)18-25-14(8-28-18)16(26)24-13-7-22-9-23-17(13)27-10-4-5-21-6-10;;/h4-6,9,11-13H,7-8,10H2,1-3H3,(H,28,31);1-3,7-10,21H,4-6H2,(H,24,26);2*1H4. The molecule has 2 aliphatic rings. The maximum atomic E-state index is 14.1. The number of carbonyl (C=O) groups excluding carboxylic acids is 3. The zero-order valence-electron chi connectivity index (χ0n) is 33.7. The largest absolute Gasteiger partial charge is 0.471 e. The van der Waals surface area contributed by atoms with Crippen LogP contribution in [0.3, 0.4) is 0 Å². The molecule has 0 saturated carbocycles. The molecule has 2 atom stereocenters. The molecule has 6 aromatic rings. The van der Waals surface area contributed by atoms with Crippen molar-refractivity contribution < 1.29 is 46.2 Å². The van der Waals surface area contributed by atoms with Crippen LogP contribution in [0.15, 0.2) is 72.2 Å². The molecule has 0 radical (unpaired) electrons. The Hall–Kier alpha value is -6.65. The highest BCUT2D eigenvalue weighted by molar-refractivity contribution is 7.13. The Balaban J connectivity index is 0.000000242. The van der Waals surface area contributed by atoms with Gasteiger partial charge in [-0.05, 0) is 58.0 Å². The minimum atomic E-state index is -0.768. The van der Waals surface area contributed by atoms with Crippen molar-refractivity contribution in [3.8, 4) is 32.9 Å². The number of thiazole rings is 2. The summed E-state index contributed by atoms with van der Waals surface area (Å²) in [6.07, 6.45) is 5.95. The summed E-state index contributed by atoms with van der Waals surface area (Å²) >= 11 is 1.92. The minimum absolute atomic E-state index is 0. The van der Waals surface area contributed by atoms with Gasteiger partial charge >= 0.3 is 6.09 Å². The van der Waals surface area contributed by atoms with Crippen LogP contribution in [0.2, 0.25) is 0 Å². The van der Waals surface area contributed by atoms with E-state index in [1.165, 1.54) is 47.9 Å². The number of anilines is 2. The summed E-state index contributed by atoms with van der Waals surface area (Å²) in [5.74, 6) is -3.80. The van der Waals surface area contributed by atoms with Gasteiger partial charge in [0, 0.05) is 30.3 Å². The molecule has 3 N–H and O–H groups in total. The molecule has 6 heterocycles. The highest BCUT2D eigenvalue weighted by Crippen LogP contribution is 2.32. The summed E-state index contributed by atoms with van der Waals surface area (Å²) in [5, 5.41) is 11.4. The van der Waals surface area contributed by atoms with Crippen molar-refractivity contribution >= 4 is 52.0 Å². The van der Waals surface area contributed by atoms with Gasteiger partial charge in [-0.15, -0.1) is 22.7 Å². The molecule has 0 aliphatic carbocycles. The van der Waals surface area contributed by atoms with E-state index in [1.54, 1.807) is 25.7 Å². The maximum absolute atomic E-state index is 14.1. The number of ether oxygens (including phenoxy) is 3. The third kappa shape index (κ3) is 12.5. The van der Waals surface area contributed by atoms with Crippen molar-refractivity contribution in [2.24, 2.45) is 0 Å². The number of nitrogens with one attached hydrogen (secondary N) is 3. The maximum Gasteiger partial charge on any atom is 0.410 e. The van der Waals surface area contributed by atoms with E-state index in [9.17, 15) is 31.9 Å². The van der Waals surface area contributed by atoms with E-state index in [1.807, 2.05) is 0 Å². The van der Waals surface area contributed by atoms with Crippen LogP contribution in [-0.4, -0.2) is 96.7 Å². The van der Waals surface area contributed by atoms with Crippen molar-refractivity contribution in [2.75, 3.05) is 36.8 Å². The van der Waals surface area contributed by atoms with Crippen LogP contribution < -0.4 is 25.4 Å². The van der Waals surface area contributed by atoms with Crippen LogP contribution in [-0.2, 0) is 4.74 Å². The number of halogens is 4. The highest BCUT2D eigenvalue weighted by Gasteiger charge is 2.32. The monoisotopic (exact) mass is 938 g/mol. The van der Waals surface area contributed by atoms with E-state index in [4.69, 9.17) is 14.2 Å². The Labute approximate surface area is 379 Å². The quantitative estimate of drug-likeness (QED) is 0.111. The Morgan fingerprint density at radius 3 is 1.66 bits per heavy atom. The molecule has 2 aliphatic heterocycles. The molecule has 8 rings (SSSR count). The molecular formula is C43H46F4N10O6S2. The molecular weight excluding hydrogens is 893 g/mol. The lowest BCUT2D eigenvalue weighted by atomic mass is 10.2. The van der Waals surface area contributed by atoms with Gasteiger partial charge in [-0.1, -0.05) is 27.0 Å². The molecule has 2 fully saturated rings. The summed E-state index contributed by atoms with van der Waals surface area (Å²) in [7, 11) is 0. The number of hydrogen-bond acceptors (Lipinski definition) is 15. The number of rotatable bonds is 10. The predicted octanol–water partition coefficient (Wildman–Crippen LogP) is 8.66. The number of nitrogens with zero attached hydrogens (tertiary/aromatic N) is 7. The normalized spacial score (nSPS) is 15.4. The van der Waals surface area contributed by atoms with Crippen molar-refractivity contribution in [3.63, 3.8) is 0 Å². The van der Waals surface area contributed by atoms with E-state index in [-0.39, 0.29) is 77.0 Å². The number of likely N-dealkylation sites (tertiary alicyclic amines) is 1. The summed E-state index contributed by atoms with van der Waals surface area (Å²) in [6.45, 7) is 7.69. The topological polar surface area (TPSA) is 196 Å². The van der Waals surface area contributed by atoms with Gasteiger partial charge in [-0.25, -0.2) is 42.3 Å². The van der Waals surface area contributed by atoms with Crippen LogP contribution in [0, 0.1) is 23.3 Å². The van der Waals surface area contributed by atoms with Gasteiger partial charge in [0.2, 0.25) is 11.8 Å². The first-order valence-corrected chi connectivity index (χ1v) is 21.0. The molecule has 16 nitrogen and oxygen atoms in total. The van der Waals surface area contributed by atoms with Gasteiger partial charge < -0.3 is 35.1 Å². The lowest BCUT2D eigenvalue weighted by molar-refractivity contribution is 0.0275. The van der Waals surface area contributed by atoms with E-state index < -0.39 is 46.8 Å². The molecule has 0 bridgehead atoms. The second-order valence-electron chi connectivity index (χ2n) is 14.8. The minimum Gasteiger partial charge on any atom is -0.471 e. The van der Waals surface area contributed by atoms with E-state index in [2.05, 4.69) is 45.9 Å². The Morgan fingerprint density at radius 1 is 0.738 bits per heavy atom. The fraction of sp³-hybridized carbons (Fsp3) is 0.326. The molecule has 4 aromatic heterocycles. The molecule has 2 unspecified atom stereocenters. The van der Waals surface area contributed by atoms with Crippen molar-refractivity contribution in [3.05, 3.63) is 107 Å². The van der Waals surface area contributed by atoms with Crippen LogP contribution in [0.25, 0.3) is 21.1 Å². The molecule has 0 spiro atoms. The molecule has 344 valence electrons. The first-order valence-electron chi connectivity index (χ1n) is 19.3. The van der Waals surface area contributed by atoms with Gasteiger partial charge in [-0.2, -0.15) is 9.97 Å². The van der Waals surface area contributed by atoms with Crippen LogP contribution in [0.5, 0.6) is 11.8 Å². The van der Waals surface area contributed by atoms with E-state index in [0.29, 0.717) is 31.7 Å². The summed E-state index contributed by atoms with van der Waals surface area (Å²) < 4.78 is 73.1. The fourth-order valence-corrected chi connectivity index (χ4v) is 7.81. The summed E-state index contributed by atoms with van der Waals surface area (Å²) in [5.41, 5.74) is -0.662. The van der Waals surface area contributed by atoms with Crippen LogP contribution >= 0.6 is 22.7 Å². The van der Waals surface area contributed by atoms with Crippen molar-refractivity contribution in [1.82, 2.24) is 40.1 Å². The molecule has 3 amide bonds. The zero-order chi connectivity index (χ0) is 44.7. The second kappa shape index (κ2) is 21.8. The van der Waals surface area contributed by atoms with Gasteiger partial charge in [0.15, 0.2) is 0 Å². The average molecular weight is 939 g/mol. The lowest BCUT2D eigenvalue weighted by Crippen LogP contribution is -2.36. The number of benzene rings is 2. The van der Waals surface area contributed by atoms with Gasteiger partial charge in [0.05, 0.1) is 30.1 Å². The highest BCUT2D eigenvalue weighted by atomic mass is 32.1. The Bertz CT molecular complexity index is 2570. The molecule has 65 heavy (non-hydrogen) atoms. The molecule has 2 saturated heterocycles. The summed E-state index contributed by atoms with van der Waals surface area (Å²) in [4.78, 5) is 63.3. The van der Waals surface area contributed by atoms with Gasteiger partial charge in [-0.3, -0.25) is 9.59 Å². The number of hydrogen-bond donors (Lipinski definition) is 3. The lowest BCUT2D eigenvalue weighted by Gasteiger charge is -2.24. The van der Waals surface area contributed by atoms with Gasteiger partial charge in [0.1, 0.15) is 86.5 Å². The number of aromatic nitrogens is 6. The number of amides is 3. The smallest absolute Gasteiger partial charge is 0.410 e. The first-order chi connectivity index (χ1) is 30.2. The van der Waals surface area contributed by atoms with E-state index in [0.717, 1.165) is 59.9 Å². The predicted molar refractivity (Wildman–Crippen MR) is 237 cm³/mol. The van der Waals surface area contributed by atoms with Crippen molar-refractivity contribution in [1.29, 1.82) is 0 Å². The number of carbonyl (C=O) groups is 3. The average Bonchev–Trinajstić information content (AvgIpc) is 4.08. The van der Waals surface area contributed by atoms with Gasteiger partial charge in [0.25, 0.3) is 11.8 Å². The fourth-order valence-electron chi connectivity index (χ4n) is 6.12. The van der Waals surface area contributed by atoms with Crippen molar-refractivity contribution in [2.45, 2.75) is 66.3 Å². The third-order valence-electron chi connectivity index (χ3n) is 9.04. The Kier molecular flexibility index (Phi) is 16.6. The molecule has 2 aromatic carbocycles. The summed E-state index contributed by atoms with van der Waals surface area (Å²) in [6, 6.07) is 7.05. The zero-order valence-corrected chi connectivity index (χ0v) is 35.4. The SMILES string of the molecule is C.C.CC(C)(C)OC(=O)N1CCC(Oc2ncncc2NC(=O)c2csc(-c3c(F)cccc3F)n2)C1.O=C(Nc1cncnc1OC1CCNC1)c1csc(-c2c(F)cccc2F)n1. The molecule has 22 heteroatoms. The van der Waals surface area contributed by atoms with Crippen LogP contribution in [0.1, 0.15) is 69.4 Å². The first kappa shape index (κ1) is 49.4. The second-order valence-corrected chi connectivity index (χ2v) is 16.6. The van der Waals surface area contributed by atoms with E-state index >= 15 is 0 Å². The van der Waals surface area contributed by atoms with Crippen LogP contribution in [0.4, 0.5) is 33.7 Å².